The Morgan fingerprint density at radius 1 is 1.23 bits per heavy atom. The summed E-state index contributed by atoms with van der Waals surface area (Å²) < 4.78 is 0. The van der Waals surface area contributed by atoms with Gasteiger partial charge in [0.1, 0.15) is 5.75 Å². The van der Waals surface area contributed by atoms with E-state index >= 15 is 0 Å². The number of benzene rings is 2. The molecule has 6 nitrogen and oxygen atoms in total. The van der Waals surface area contributed by atoms with Crippen molar-refractivity contribution in [3.05, 3.63) is 59.7 Å². The molecule has 0 bridgehead atoms. The molecule has 0 saturated heterocycles. The molecule has 4 atom stereocenters. The van der Waals surface area contributed by atoms with Crippen molar-refractivity contribution in [3.8, 4) is 5.75 Å². The molecule has 0 heterocycles. The van der Waals surface area contributed by atoms with Gasteiger partial charge < -0.3 is 26.2 Å². The maximum atomic E-state index is 11.4. The van der Waals surface area contributed by atoms with Crippen molar-refractivity contribution in [1.29, 1.82) is 0 Å². The van der Waals surface area contributed by atoms with E-state index in [2.05, 4.69) is 48.5 Å². The molecule has 2 aromatic rings. The summed E-state index contributed by atoms with van der Waals surface area (Å²) in [4.78, 5) is 13.7. The number of hydrogen-bond acceptors (Lipinski definition) is 5. The smallest absolute Gasteiger partial charge is 0.252 e. The lowest BCUT2D eigenvalue weighted by Crippen LogP contribution is -2.35. The fourth-order valence-electron chi connectivity index (χ4n) is 4.45. The van der Waals surface area contributed by atoms with Crippen molar-refractivity contribution in [2.24, 2.45) is 17.6 Å². The molecule has 1 aliphatic rings. The molecular formula is C24H33N3O3. The van der Waals surface area contributed by atoms with E-state index in [9.17, 15) is 15.0 Å². The molecule has 3 rings (SSSR count). The van der Waals surface area contributed by atoms with E-state index < -0.39 is 12.0 Å². The summed E-state index contributed by atoms with van der Waals surface area (Å²) in [6, 6.07) is 15.2. The van der Waals surface area contributed by atoms with Gasteiger partial charge in [-0.1, -0.05) is 24.3 Å². The molecule has 6 heteroatoms. The fourth-order valence-corrected chi connectivity index (χ4v) is 4.45. The zero-order chi connectivity index (χ0) is 21.7. The number of para-hydroxylation sites is 1. The minimum absolute atomic E-state index is 0.0285. The Morgan fingerprint density at radius 3 is 2.67 bits per heavy atom. The molecular weight excluding hydrogens is 378 g/mol. The van der Waals surface area contributed by atoms with Crippen molar-refractivity contribution in [2.75, 3.05) is 25.0 Å². The first-order valence-corrected chi connectivity index (χ1v) is 10.7. The molecule has 5 N–H and O–H groups in total. The van der Waals surface area contributed by atoms with Crippen LogP contribution < -0.4 is 16.0 Å². The van der Waals surface area contributed by atoms with Gasteiger partial charge in [0.2, 0.25) is 0 Å². The minimum atomic E-state index is -0.771. The summed E-state index contributed by atoms with van der Waals surface area (Å²) in [6.45, 7) is 3.61. The SMILES string of the molecule is CC(NCC(O)c1ccc(O)c(C(N)=O)c1)C1CCC(CN(C)c2ccccc2)C1. The first-order valence-electron chi connectivity index (χ1n) is 10.7. The summed E-state index contributed by atoms with van der Waals surface area (Å²) in [6.07, 6.45) is 2.80. The molecule has 0 aromatic heterocycles. The highest BCUT2D eigenvalue weighted by Gasteiger charge is 2.29. The number of aromatic hydroxyl groups is 1. The second-order valence-corrected chi connectivity index (χ2v) is 8.51. The molecule has 0 aliphatic heterocycles. The predicted molar refractivity (Wildman–Crippen MR) is 120 cm³/mol. The Hall–Kier alpha value is -2.57. The van der Waals surface area contributed by atoms with Crippen LogP contribution in [0.25, 0.3) is 0 Å². The van der Waals surface area contributed by atoms with Crippen LogP contribution in [0.2, 0.25) is 0 Å². The molecule has 0 radical (unpaired) electrons. The molecule has 1 aliphatic carbocycles. The van der Waals surface area contributed by atoms with Crippen molar-refractivity contribution in [1.82, 2.24) is 5.32 Å². The number of phenols is 1. The van der Waals surface area contributed by atoms with Gasteiger partial charge in [0, 0.05) is 31.9 Å². The van der Waals surface area contributed by atoms with Crippen molar-refractivity contribution in [2.45, 2.75) is 38.3 Å². The second-order valence-electron chi connectivity index (χ2n) is 8.51. The quantitative estimate of drug-likeness (QED) is 0.508. The average molecular weight is 412 g/mol. The molecule has 162 valence electrons. The number of aliphatic hydroxyl groups excluding tert-OH is 1. The van der Waals surface area contributed by atoms with Gasteiger partial charge >= 0.3 is 0 Å². The lowest BCUT2D eigenvalue weighted by atomic mass is 9.97. The van der Waals surface area contributed by atoms with Gasteiger partial charge in [-0.25, -0.2) is 0 Å². The van der Waals surface area contributed by atoms with Crippen molar-refractivity contribution in [3.63, 3.8) is 0 Å². The maximum absolute atomic E-state index is 11.4. The lowest BCUT2D eigenvalue weighted by molar-refractivity contribution is 0.0997. The zero-order valence-electron chi connectivity index (χ0n) is 17.8. The normalized spacial score (nSPS) is 20.6. The number of anilines is 1. The highest BCUT2D eigenvalue weighted by Crippen LogP contribution is 2.34. The van der Waals surface area contributed by atoms with Gasteiger partial charge in [0.25, 0.3) is 5.91 Å². The third-order valence-electron chi connectivity index (χ3n) is 6.32. The third kappa shape index (κ3) is 5.52. The Kier molecular flexibility index (Phi) is 7.34. The fraction of sp³-hybridized carbons (Fsp3) is 0.458. The van der Waals surface area contributed by atoms with E-state index in [0.717, 1.165) is 6.54 Å². The number of nitrogens with zero attached hydrogens (tertiary/aromatic N) is 1. The Balaban J connectivity index is 1.48. The summed E-state index contributed by atoms with van der Waals surface area (Å²) in [5.74, 6) is 0.370. The van der Waals surface area contributed by atoms with Crippen LogP contribution >= 0.6 is 0 Å². The monoisotopic (exact) mass is 411 g/mol. The zero-order valence-corrected chi connectivity index (χ0v) is 17.8. The van der Waals surface area contributed by atoms with Crippen molar-refractivity contribution < 1.29 is 15.0 Å². The van der Waals surface area contributed by atoms with E-state index in [0.29, 0.717) is 30.0 Å². The molecule has 30 heavy (non-hydrogen) atoms. The van der Waals surface area contributed by atoms with Gasteiger partial charge in [0.15, 0.2) is 0 Å². The molecule has 4 unspecified atom stereocenters. The van der Waals surface area contributed by atoms with Crippen LogP contribution in [0.5, 0.6) is 5.75 Å². The Bertz CT molecular complexity index is 843. The van der Waals surface area contributed by atoms with E-state index in [1.54, 1.807) is 6.07 Å². The van der Waals surface area contributed by atoms with Crippen molar-refractivity contribution >= 4 is 11.6 Å². The molecule has 2 aromatic carbocycles. The van der Waals surface area contributed by atoms with Crippen LogP contribution in [0.1, 0.15) is 48.2 Å². The van der Waals surface area contributed by atoms with Gasteiger partial charge in [-0.05, 0) is 67.9 Å². The average Bonchev–Trinajstić information content (AvgIpc) is 3.21. The van der Waals surface area contributed by atoms with Crippen LogP contribution in [0.3, 0.4) is 0 Å². The first kappa shape index (κ1) is 22.1. The van der Waals surface area contributed by atoms with Gasteiger partial charge in [-0.15, -0.1) is 0 Å². The van der Waals surface area contributed by atoms with E-state index in [-0.39, 0.29) is 11.3 Å². The number of nitrogens with two attached hydrogens (primary N) is 1. The second kappa shape index (κ2) is 9.96. The standard InChI is InChI=1S/C24H33N3O3/c1-16(26-14-23(29)19-10-11-22(28)21(13-19)24(25)30)18-9-8-17(12-18)15-27(2)20-6-4-3-5-7-20/h3-7,10-11,13,16-18,23,26,28-29H,8-9,12,14-15H2,1-2H3,(H2,25,30). The summed E-state index contributed by atoms with van der Waals surface area (Å²) in [5.41, 5.74) is 7.12. The topological polar surface area (TPSA) is 98.8 Å². The van der Waals surface area contributed by atoms with Gasteiger partial charge in [-0.2, -0.15) is 0 Å². The van der Waals surface area contributed by atoms with Gasteiger partial charge in [0.05, 0.1) is 11.7 Å². The first-order chi connectivity index (χ1) is 14.3. The summed E-state index contributed by atoms with van der Waals surface area (Å²) in [5, 5.41) is 23.7. The number of rotatable bonds is 9. The number of carbonyl (C=O) groups is 1. The molecule has 1 amide bonds. The number of primary amides is 1. The minimum Gasteiger partial charge on any atom is -0.507 e. The molecule has 1 saturated carbocycles. The van der Waals surface area contributed by atoms with Crippen LogP contribution in [0, 0.1) is 11.8 Å². The number of nitrogens with one attached hydrogen (secondary N) is 1. The third-order valence-corrected chi connectivity index (χ3v) is 6.32. The van der Waals surface area contributed by atoms with Crippen LogP contribution in [-0.4, -0.2) is 42.3 Å². The van der Waals surface area contributed by atoms with Crippen LogP contribution in [0.4, 0.5) is 5.69 Å². The Labute approximate surface area is 178 Å². The van der Waals surface area contributed by atoms with Crippen LogP contribution in [0.15, 0.2) is 48.5 Å². The Morgan fingerprint density at radius 2 is 1.97 bits per heavy atom. The molecule has 0 spiro atoms. The van der Waals surface area contributed by atoms with E-state index in [4.69, 9.17) is 5.73 Å². The number of amides is 1. The highest BCUT2D eigenvalue weighted by molar-refractivity contribution is 5.95. The lowest BCUT2D eigenvalue weighted by Gasteiger charge is -2.25. The maximum Gasteiger partial charge on any atom is 0.252 e. The van der Waals surface area contributed by atoms with Gasteiger partial charge in [-0.3, -0.25) is 4.79 Å². The van der Waals surface area contributed by atoms with E-state index in [1.165, 1.54) is 37.1 Å². The summed E-state index contributed by atoms with van der Waals surface area (Å²) >= 11 is 0. The number of hydrogen-bond donors (Lipinski definition) is 4. The van der Waals surface area contributed by atoms with E-state index in [1.807, 2.05) is 6.07 Å². The van der Waals surface area contributed by atoms with Crippen LogP contribution in [-0.2, 0) is 0 Å². The number of carbonyl (C=O) groups excluding carboxylic acids is 1. The molecule has 1 fully saturated rings. The summed E-state index contributed by atoms with van der Waals surface area (Å²) in [7, 11) is 2.15. The predicted octanol–water partition coefficient (Wildman–Crippen LogP) is 3.06. The highest BCUT2D eigenvalue weighted by atomic mass is 16.3. The largest absolute Gasteiger partial charge is 0.507 e. The number of aliphatic hydroxyl groups is 1.